The lowest BCUT2D eigenvalue weighted by Gasteiger charge is -2.41. The number of fused-ring (bicyclic) bond motifs is 3. The Kier molecular flexibility index (Phi) is 6.96. The Labute approximate surface area is 208 Å². The molecule has 7 nitrogen and oxygen atoms in total. The Morgan fingerprint density at radius 3 is 2.49 bits per heavy atom. The van der Waals surface area contributed by atoms with Crippen LogP contribution in [0.2, 0.25) is 0 Å². The van der Waals surface area contributed by atoms with Gasteiger partial charge in [-0.3, -0.25) is 14.5 Å². The summed E-state index contributed by atoms with van der Waals surface area (Å²) in [5, 5.41) is 3.17. The number of imidazole rings is 1. The number of amides is 2. The SMILES string of the molecule is CCC(=O)N1CCc2nc(C)n(C3CC4CCC(C3)N4CC[C@H](NC(C)=O)c3ccccc3)c2C1. The fraction of sp³-hybridized carbons (Fsp3) is 0.607. The van der Waals surface area contributed by atoms with Crippen molar-refractivity contribution < 1.29 is 9.59 Å². The second kappa shape index (κ2) is 10.1. The van der Waals surface area contributed by atoms with Crippen LogP contribution < -0.4 is 5.32 Å². The molecule has 2 bridgehead atoms. The number of aromatic nitrogens is 2. The molecule has 5 rings (SSSR count). The molecule has 0 saturated carbocycles. The van der Waals surface area contributed by atoms with E-state index in [2.05, 4.69) is 33.8 Å². The van der Waals surface area contributed by atoms with Crippen molar-refractivity contribution in [3.05, 3.63) is 53.1 Å². The number of aryl methyl sites for hydroxylation is 1. The van der Waals surface area contributed by atoms with Crippen molar-refractivity contribution in [3.63, 3.8) is 0 Å². The highest BCUT2D eigenvalue weighted by molar-refractivity contribution is 5.76. The molecule has 1 N–H and O–H groups in total. The van der Waals surface area contributed by atoms with Crippen molar-refractivity contribution in [1.82, 2.24) is 24.7 Å². The van der Waals surface area contributed by atoms with Gasteiger partial charge in [0.15, 0.2) is 0 Å². The lowest BCUT2D eigenvalue weighted by molar-refractivity contribution is -0.131. The van der Waals surface area contributed by atoms with Crippen molar-refractivity contribution in [2.75, 3.05) is 13.1 Å². The molecule has 4 heterocycles. The summed E-state index contributed by atoms with van der Waals surface area (Å²) in [6, 6.07) is 12.0. The number of piperidine rings is 1. The molecule has 3 aliphatic rings. The van der Waals surface area contributed by atoms with E-state index in [4.69, 9.17) is 4.98 Å². The van der Waals surface area contributed by atoms with Gasteiger partial charge in [-0.1, -0.05) is 37.3 Å². The van der Waals surface area contributed by atoms with Gasteiger partial charge in [0.25, 0.3) is 0 Å². The maximum Gasteiger partial charge on any atom is 0.222 e. The van der Waals surface area contributed by atoms with Crippen LogP contribution in [0.1, 0.15) is 87.2 Å². The molecule has 3 aliphatic heterocycles. The predicted molar refractivity (Wildman–Crippen MR) is 136 cm³/mol. The molecular formula is C28H39N5O2. The second-order valence-corrected chi connectivity index (χ2v) is 10.5. The molecule has 188 valence electrons. The number of rotatable bonds is 7. The first-order chi connectivity index (χ1) is 16.9. The Hall–Kier alpha value is -2.67. The topological polar surface area (TPSA) is 70.5 Å². The van der Waals surface area contributed by atoms with Crippen LogP contribution >= 0.6 is 0 Å². The van der Waals surface area contributed by atoms with Crippen LogP contribution in [0, 0.1) is 6.92 Å². The zero-order chi connectivity index (χ0) is 24.5. The summed E-state index contributed by atoms with van der Waals surface area (Å²) in [5.41, 5.74) is 3.64. The summed E-state index contributed by atoms with van der Waals surface area (Å²) in [6.07, 6.45) is 7.12. The Morgan fingerprint density at radius 1 is 1.11 bits per heavy atom. The third-order valence-corrected chi connectivity index (χ3v) is 8.36. The summed E-state index contributed by atoms with van der Waals surface area (Å²) in [4.78, 5) is 33.9. The van der Waals surface area contributed by atoms with Crippen molar-refractivity contribution in [2.24, 2.45) is 0 Å². The number of benzene rings is 1. The third kappa shape index (κ3) is 4.88. The molecule has 2 aromatic rings. The number of carbonyl (C=O) groups excluding carboxylic acids is 2. The first-order valence-corrected chi connectivity index (χ1v) is 13.4. The molecule has 1 aromatic carbocycles. The van der Waals surface area contributed by atoms with Gasteiger partial charge < -0.3 is 14.8 Å². The molecule has 2 fully saturated rings. The molecule has 2 unspecified atom stereocenters. The number of carbonyl (C=O) groups is 2. The Balaban J connectivity index is 1.28. The number of nitrogens with one attached hydrogen (secondary N) is 1. The summed E-state index contributed by atoms with van der Waals surface area (Å²) in [5.74, 6) is 1.37. The molecule has 0 spiro atoms. The lowest BCUT2D eigenvalue weighted by Crippen LogP contribution is -2.45. The average molecular weight is 478 g/mol. The third-order valence-electron chi connectivity index (χ3n) is 8.36. The summed E-state index contributed by atoms with van der Waals surface area (Å²) >= 11 is 0. The van der Waals surface area contributed by atoms with Crippen molar-refractivity contribution >= 4 is 11.8 Å². The standard InChI is InChI=1S/C28H39N5O2/c1-4-28(35)31-14-12-26-27(18-31)33(19(2)29-26)24-16-22-10-11-23(17-24)32(22)15-13-25(30-20(3)34)21-8-6-5-7-9-21/h5-9,22-25H,4,10-18H2,1-3H3,(H,30,34)/t22?,23?,24?,25-/m0/s1. The van der Waals surface area contributed by atoms with Crippen LogP contribution in [0.3, 0.4) is 0 Å². The van der Waals surface area contributed by atoms with Crippen LogP contribution in [0.15, 0.2) is 30.3 Å². The highest BCUT2D eigenvalue weighted by atomic mass is 16.2. The van der Waals surface area contributed by atoms with Crippen LogP contribution in [0.5, 0.6) is 0 Å². The van der Waals surface area contributed by atoms with Gasteiger partial charge in [-0.25, -0.2) is 4.98 Å². The minimum Gasteiger partial charge on any atom is -0.349 e. The minimum absolute atomic E-state index is 0.0245. The summed E-state index contributed by atoms with van der Waals surface area (Å²) in [7, 11) is 0. The zero-order valence-corrected chi connectivity index (χ0v) is 21.4. The molecular weight excluding hydrogens is 438 g/mol. The van der Waals surface area contributed by atoms with Gasteiger partial charge in [-0.15, -0.1) is 0 Å². The lowest BCUT2D eigenvalue weighted by atomic mass is 9.95. The Bertz CT molecular complexity index is 1050. The molecule has 0 aliphatic carbocycles. The van der Waals surface area contributed by atoms with E-state index >= 15 is 0 Å². The molecule has 1 aromatic heterocycles. The summed E-state index contributed by atoms with van der Waals surface area (Å²) < 4.78 is 2.48. The number of nitrogens with zero attached hydrogens (tertiary/aromatic N) is 4. The van der Waals surface area contributed by atoms with Crippen molar-refractivity contribution in [3.8, 4) is 0 Å². The van der Waals surface area contributed by atoms with Gasteiger partial charge in [-0.2, -0.15) is 0 Å². The monoisotopic (exact) mass is 477 g/mol. The number of hydrogen-bond donors (Lipinski definition) is 1. The van der Waals surface area contributed by atoms with E-state index in [1.165, 1.54) is 29.8 Å². The molecule has 7 heteroatoms. The van der Waals surface area contributed by atoms with Crippen LogP contribution in [0.25, 0.3) is 0 Å². The van der Waals surface area contributed by atoms with Crippen LogP contribution in [-0.2, 0) is 22.6 Å². The van der Waals surface area contributed by atoms with E-state index in [0.29, 0.717) is 31.1 Å². The van der Waals surface area contributed by atoms with E-state index in [9.17, 15) is 9.59 Å². The fourth-order valence-corrected chi connectivity index (χ4v) is 6.79. The maximum atomic E-state index is 12.4. The maximum absolute atomic E-state index is 12.4. The number of hydrogen-bond acceptors (Lipinski definition) is 4. The Morgan fingerprint density at radius 2 is 1.83 bits per heavy atom. The molecule has 2 amide bonds. The van der Waals surface area contributed by atoms with Gasteiger partial charge in [-0.05, 0) is 44.6 Å². The van der Waals surface area contributed by atoms with E-state index in [-0.39, 0.29) is 17.9 Å². The predicted octanol–water partition coefficient (Wildman–Crippen LogP) is 3.92. The normalized spacial score (nSPS) is 24.8. The zero-order valence-electron chi connectivity index (χ0n) is 21.4. The quantitative estimate of drug-likeness (QED) is 0.656. The van der Waals surface area contributed by atoms with Gasteiger partial charge in [0.05, 0.1) is 24.0 Å². The van der Waals surface area contributed by atoms with E-state index in [1.807, 2.05) is 30.0 Å². The van der Waals surface area contributed by atoms with Crippen LogP contribution in [-0.4, -0.2) is 56.3 Å². The fourth-order valence-electron chi connectivity index (χ4n) is 6.79. The van der Waals surface area contributed by atoms with Gasteiger partial charge in [0.1, 0.15) is 5.82 Å². The van der Waals surface area contributed by atoms with E-state index < -0.39 is 0 Å². The molecule has 35 heavy (non-hydrogen) atoms. The molecule has 3 atom stereocenters. The molecule has 0 radical (unpaired) electrons. The first kappa shape index (κ1) is 24.0. The average Bonchev–Trinajstić information content (AvgIpc) is 3.31. The van der Waals surface area contributed by atoms with E-state index in [0.717, 1.165) is 44.6 Å². The van der Waals surface area contributed by atoms with Gasteiger partial charge in [0, 0.05) is 51.0 Å². The second-order valence-electron chi connectivity index (χ2n) is 10.5. The van der Waals surface area contributed by atoms with Gasteiger partial charge >= 0.3 is 0 Å². The molecule has 2 saturated heterocycles. The highest BCUT2D eigenvalue weighted by Gasteiger charge is 2.42. The van der Waals surface area contributed by atoms with E-state index in [1.54, 1.807) is 6.92 Å². The minimum atomic E-state index is 0.0245. The first-order valence-electron chi connectivity index (χ1n) is 13.4. The van der Waals surface area contributed by atoms with Crippen molar-refractivity contribution in [2.45, 2.75) is 96.4 Å². The van der Waals surface area contributed by atoms with Crippen LogP contribution in [0.4, 0.5) is 0 Å². The van der Waals surface area contributed by atoms with Gasteiger partial charge in [0.2, 0.25) is 11.8 Å². The largest absolute Gasteiger partial charge is 0.349 e. The smallest absolute Gasteiger partial charge is 0.222 e. The van der Waals surface area contributed by atoms with Crippen molar-refractivity contribution in [1.29, 1.82) is 0 Å². The highest BCUT2D eigenvalue weighted by Crippen LogP contribution is 2.43. The summed E-state index contributed by atoms with van der Waals surface area (Å²) in [6.45, 7) is 8.18.